The Hall–Kier alpha value is -4.01. The molecule has 5 rings (SSSR count). The minimum atomic E-state index is -0.481. The molecule has 1 amide bonds. The highest BCUT2D eigenvalue weighted by Crippen LogP contribution is 2.25. The van der Waals surface area contributed by atoms with Gasteiger partial charge in [0.15, 0.2) is 5.69 Å². The summed E-state index contributed by atoms with van der Waals surface area (Å²) in [5.41, 5.74) is 3.84. The normalized spacial score (nSPS) is 13.2. The SMILES string of the molecule is CCOC(=O)c1nn(Cc2ccccn2)c2c1CN(C(=O)c1cn3ccccc3n1)CC2. The van der Waals surface area contributed by atoms with Crippen molar-refractivity contribution in [1.29, 1.82) is 0 Å². The second kappa shape index (κ2) is 8.26. The highest BCUT2D eigenvalue weighted by Gasteiger charge is 2.32. The smallest absolute Gasteiger partial charge is 0.359 e. The van der Waals surface area contributed by atoms with E-state index >= 15 is 0 Å². The highest BCUT2D eigenvalue weighted by atomic mass is 16.5. The van der Waals surface area contributed by atoms with Gasteiger partial charge in [-0.25, -0.2) is 9.78 Å². The zero-order valence-corrected chi connectivity index (χ0v) is 17.6. The molecule has 1 aliphatic heterocycles. The van der Waals surface area contributed by atoms with Crippen molar-refractivity contribution >= 4 is 17.5 Å². The van der Waals surface area contributed by atoms with E-state index in [1.54, 1.807) is 28.9 Å². The molecule has 32 heavy (non-hydrogen) atoms. The predicted molar refractivity (Wildman–Crippen MR) is 115 cm³/mol. The van der Waals surface area contributed by atoms with E-state index in [9.17, 15) is 9.59 Å². The largest absolute Gasteiger partial charge is 0.461 e. The second-order valence-corrected chi connectivity index (χ2v) is 7.54. The van der Waals surface area contributed by atoms with Crippen molar-refractivity contribution in [3.63, 3.8) is 0 Å². The van der Waals surface area contributed by atoms with Crippen LogP contribution in [0.15, 0.2) is 55.0 Å². The van der Waals surface area contributed by atoms with E-state index in [2.05, 4.69) is 15.1 Å². The van der Waals surface area contributed by atoms with Gasteiger partial charge >= 0.3 is 5.97 Å². The molecular weight excluding hydrogens is 408 g/mol. The van der Waals surface area contributed by atoms with Gasteiger partial charge in [-0.1, -0.05) is 12.1 Å². The number of aromatic nitrogens is 5. The van der Waals surface area contributed by atoms with Gasteiger partial charge in [-0.15, -0.1) is 0 Å². The average molecular weight is 430 g/mol. The highest BCUT2D eigenvalue weighted by molar-refractivity contribution is 5.94. The molecule has 162 valence electrons. The number of pyridine rings is 2. The van der Waals surface area contributed by atoms with Gasteiger partial charge in [0.1, 0.15) is 11.3 Å². The fourth-order valence-corrected chi connectivity index (χ4v) is 4.00. The number of imidazole rings is 1. The summed E-state index contributed by atoms with van der Waals surface area (Å²) in [6, 6.07) is 11.3. The first kappa shape index (κ1) is 19.9. The molecule has 9 nitrogen and oxygen atoms in total. The number of ether oxygens (including phenoxy) is 1. The third-order valence-corrected chi connectivity index (χ3v) is 5.51. The van der Waals surface area contributed by atoms with Crippen molar-refractivity contribution in [3.05, 3.63) is 83.3 Å². The van der Waals surface area contributed by atoms with Gasteiger partial charge in [-0.2, -0.15) is 5.10 Å². The lowest BCUT2D eigenvalue weighted by Gasteiger charge is -2.27. The van der Waals surface area contributed by atoms with E-state index in [4.69, 9.17) is 4.74 Å². The van der Waals surface area contributed by atoms with Gasteiger partial charge in [0.25, 0.3) is 5.91 Å². The molecule has 0 fully saturated rings. The molecule has 0 atom stereocenters. The van der Waals surface area contributed by atoms with Gasteiger partial charge in [0, 0.05) is 42.8 Å². The number of carbonyl (C=O) groups excluding carboxylic acids is 2. The first-order valence-electron chi connectivity index (χ1n) is 10.5. The number of carbonyl (C=O) groups is 2. The number of amides is 1. The average Bonchev–Trinajstić information content (AvgIpc) is 3.41. The molecule has 0 N–H and O–H groups in total. The van der Waals surface area contributed by atoms with Crippen LogP contribution in [0, 0.1) is 0 Å². The zero-order chi connectivity index (χ0) is 22.1. The van der Waals surface area contributed by atoms with Crippen LogP contribution in [0.5, 0.6) is 0 Å². The lowest BCUT2D eigenvalue weighted by molar-refractivity contribution is 0.0513. The summed E-state index contributed by atoms with van der Waals surface area (Å²) >= 11 is 0. The first-order valence-corrected chi connectivity index (χ1v) is 10.5. The van der Waals surface area contributed by atoms with Crippen molar-refractivity contribution in [2.24, 2.45) is 0 Å². The molecule has 0 aliphatic carbocycles. The number of rotatable bonds is 5. The maximum Gasteiger partial charge on any atom is 0.359 e. The van der Waals surface area contributed by atoms with Crippen LogP contribution in [-0.2, 0) is 24.2 Å². The Labute approximate surface area is 184 Å². The number of hydrogen-bond donors (Lipinski definition) is 0. The quantitative estimate of drug-likeness (QED) is 0.451. The molecule has 4 aromatic rings. The molecule has 0 unspecified atom stereocenters. The summed E-state index contributed by atoms with van der Waals surface area (Å²) in [5.74, 6) is -0.655. The lowest BCUT2D eigenvalue weighted by atomic mass is 10.0. The Bertz CT molecular complexity index is 1260. The molecule has 0 spiro atoms. The maximum absolute atomic E-state index is 13.2. The van der Waals surface area contributed by atoms with Crippen molar-refractivity contribution in [1.82, 2.24) is 29.0 Å². The van der Waals surface area contributed by atoms with Crippen LogP contribution >= 0.6 is 0 Å². The van der Waals surface area contributed by atoms with Crippen LogP contribution in [0.1, 0.15) is 44.9 Å². The van der Waals surface area contributed by atoms with E-state index in [1.165, 1.54) is 0 Å². The standard InChI is InChI=1S/C23H22N6O3/c1-2-32-23(31)21-17-14-28(22(30)18-15-27-11-6-4-8-20(27)25-18)12-9-19(17)29(26-21)13-16-7-3-5-10-24-16/h3-8,10-11,15H,2,9,12-14H2,1H3. The Morgan fingerprint density at radius 1 is 1.16 bits per heavy atom. The van der Waals surface area contributed by atoms with Gasteiger partial charge in [-0.3, -0.25) is 14.5 Å². The van der Waals surface area contributed by atoms with E-state index in [0.717, 1.165) is 17.0 Å². The van der Waals surface area contributed by atoms with E-state index in [0.29, 0.717) is 30.9 Å². The second-order valence-electron chi connectivity index (χ2n) is 7.54. The van der Waals surface area contributed by atoms with Crippen LogP contribution in [0.3, 0.4) is 0 Å². The molecule has 0 radical (unpaired) electrons. The van der Waals surface area contributed by atoms with Gasteiger partial charge in [0.05, 0.1) is 25.4 Å². The Morgan fingerprint density at radius 2 is 2.03 bits per heavy atom. The van der Waals surface area contributed by atoms with E-state index in [-0.39, 0.29) is 24.8 Å². The minimum Gasteiger partial charge on any atom is -0.461 e. The van der Waals surface area contributed by atoms with E-state index < -0.39 is 5.97 Å². The summed E-state index contributed by atoms with van der Waals surface area (Å²) < 4.78 is 8.85. The third kappa shape index (κ3) is 3.62. The summed E-state index contributed by atoms with van der Waals surface area (Å²) in [6.07, 6.45) is 5.89. The van der Waals surface area contributed by atoms with Crippen molar-refractivity contribution in [2.75, 3.05) is 13.2 Å². The molecule has 0 bridgehead atoms. The lowest BCUT2D eigenvalue weighted by Crippen LogP contribution is -2.37. The molecule has 0 aromatic carbocycles. The van der Waals surface area contributed by atoms with Gasteiger partial charge < -0.3 is 14.0 Å². The molecule has 0 saturated heterocycles. The van der Waals surface area contributed by atoms with Gasteiger partial charge in [-0.05, 0) is 31.2 Å². The summed E-state index contributed by atoms with van der Waals surface area (Å²) in [7, 11) is 0. The molecule has 4 aromatic heterocycles. The van der Waals surface area contributed by atoms with Crippen LogP contribution < -0.4 is 0 Å². The van der Waals surface area contributed by atoms with Crippen LogP contribution in [0.25, 0.3) is 5.65 Å². The number of fused-ring (bicyclic) bond motifs is 2. The summed E-state index contributed by atoms with van der Waals surface area (Å²) in [4.78, 5) is 36.3. The Kier molecular flexibility index (Phi) is 5.14. The van der Waals surface area contributed by atoms with Crippen molar-refractivity contribution < 1.29 is 14.3 Å². The minimum absolute atomic E-state index is 0.174. The zero-order valence-electron chi connectivity index (χ0n) is 17.6. The Balaban J connectivity index is 1.46. The van der Waals surface area contributed by atoms with Crippen LogP contribution in [0.4, 0.5) is 0 Å². The number of hydrogen-bond acceptors (Lipinski definition) is 6. The van der Waals surface area contributed by atoms with Crippen LogP contribution in [-0.4, -0.2) is 54.1 Å². The predicted octanol–water partition coefficient (Wildman–Crippen LogP) is 2.35. The molecule has 1 aliphatic rings. The third-order valence-electron chi connectivity index (χ3n) is 5.51. The summed E-state index contributed by atoms with van der Waals surface area (Å²) in [5, 5.41) is 4.55. The fraction of sp³-hybridized carbons (Fsp3) is 0.261. The summed E-state index contributed by atoms with van der Waals surface area (Å²) in [6.45, 7) is 3.25. The van der Waals surface area contributed by atoms with E-state index in [1.807, 2.05) is 47.0 Å². The number of nitrogens with zero attached hydrogens (tertiary/aromatic N) is 6. The molecular formula is C23H22N6O3. The van der Waals surface area contributed by atoms with Crippen LogP contribution in [0.2, 0.25) is 0 Å². The molecule has 0 saturated carbocycles. The van der Waals surface area contributed by atoms with Crippen molar-refractivity contribution in [3.8, 4) is 0 Å². The van der Waals surface area contributed by atoms with Crippen molar-refractivity contribution in [2.45, 2.75) is 26.4 Å². The topological polar surface area (TPSA) is 94.6 Å². The maximum atomic E-state index is 13.2. The monoisotopic (exact) mass is 430 g/mol. The Morgan fingerprint density at radius 3 is 2.81 bits per heavy atom. The molecule has 9 heteroatoms. The molecule has 5 heterocycles. The van der Waals surface area contributed by atoms with Gasteiger partial charge in [0.2, 0.25) is 0 Å². The fourth-order valence-electron chi connectivity index (χ4n) is 4.00. The number of esters is 1. The first-order chi connectivity index (χ1) is 15.6.